The number of aromatic carboxylic acids is 1. The molecule has 0 aliphatic carbocycles. The van der Waals surface area contributed by atoms with Crippen LogP contribution in [-0.2, 0) is 0 Å². The number of nitrogens with zero attached hydrogens (tertiary/aromatic N) is 2. The van der Waals surface area contributed by atoms with Crippen LogP contribution in [0.15, 0.2) is 24.4 Å². The second-order valence-corrected chi connectivity index (χ2v) is 3.69. The highest BCUT2D eigenvalue weighted by molar-refractivity contribution is 6.30. The number of carbonyl (C=O) groups is 1. The highest BCUT2D eigenvalue weighted by atomic mass is 35.5. The van der Waals surface area contributed by atoms with Crippen LogP contribution in [0, 0.1) is 5.82 Å². The van der Waals surface area contributed by atoms with Crippen LogP contribution < -0.4 is 5.73 Å². The Morgan fingerprint density at radius 3 is 2.76 bits per heavy atom. The number of carboxylic acids is 1. The third-order valence-electron chi connectivity index (χ3n) is 2.17. The van der Waals surface area contributed by atoms with Gasteiger partial charge in [-0.15, -0.1) is 0 Å². The predicted molar refractivity (Wildman–Crippen MR) is 59.9 cm³/mol. The predicted octanol–water partition coefficient (Wildman–Crippen LogP) is 1.95. The van der Waals surface area contributed by atoms with Crippen molar-refractivity contribution in [2.45, 2.75) is 0 Å². The Kier molecular flexibility index (Phi) is 2.72. The van der Waals surface area contributed by atoms with E-state index in [-0.39, 0.29) is 22.1 Å². The van der Waals surface area contributed by atoms with Gasteiger partial charge in [0.15, 0.2) is 0 Å². The van der Waals surface area contributed by atoms with Crippen molar-refractivity contribution < 1.29 is 14.3 Å². The Morgan fingerprint density at radius 2 is 2.24 bits per heavy atom. The summed E-state index contributed by atoms with van der Waals surface area (Å²) in [5.74, 6) is -1.99. The molecule has 0 amide bonds. The van der Waals surface area contributed by atoms with Crippen molar-refractivity contribution in [1.82, 2.24) is 9.78 Å². The molecular weight excluding hydrogens is 249 g/mol. The van der Waals surface area contributed by atoms with E-state index >= 15 is 0 Å². The first-order valence-electron chi connectivity index (χ1n) is 4.53. The van der Waals surface area contributed by atoms with E-state index in [0.717, 1.165) is 16.9 Å². The van der Waals surface area contributed by atoms with Gasteiger partial charge in [0, 0.05) is 5.02 Å². The third-order valence-corrected chi connectivity index (χ3v) is 2.41. The first-order chi connectivity index (χ1) is 8.00. The van der Waals surface area contributed by atoms with Crippen molar-refractivity contribution in [1.29, 1.82) is 0 Å². The Bertz CT molecular complexity index is 597. The fraction of sp³-hybridized carbons (Fsp3) is 0. The van der Waals surface area contributed by atoms with Gasteiger partial charge >= 0.3 is 5.97 Å². The number of hydrogen-bond acceptors (Lipinski definition) is 3. The van der Waals surface area contributed by atoms with Crippen molar-refractivity contribution in [2.24, 2.45) is 0 Å². The molecule has 2 rings (SSSR count). The molecule has 0 unspecified atom stereocenters. The molecule has 0 saturated carbocycles. The molecule has 7 heteroatoms. The lowest BCUT2D eigenvalue weighted by atomic mass is 10.3. The molecule has 0 saturated heterocycles. The number of halogens is 2. The second-order valence-electron chi connectivity index (χ2n) is 3.26. The van der Waals surface area contributed by atoms with Crippen molar-refractivity contribution >= 4 is 23.4 Å². The molecule has 1 aromatic carbocycles. The van der Waals surface area contributed by atoms with Crippen LogP contribution in [0.3, 0.4) is 0 Å². The normalized spacial score (nSPS) is 10.5. The molecule has 0 fully saturated rings. The van der Waals surface area contributed by atoms with Crippen molar-refractivity contribution in [3.63, 3.8) is 0 Å². The van der Waals surface area contributed by atoms with Crippen LogP contribution in [0.1, 0.15) is 10.4 Å². The highest BCUT2D eigenvalue weighted by Crippen LogP contribution is 2.22. The zero-order valence-electron chi connectivity index (χ0n) is 8.39. The van der Waals surface area contributed by atoms with E-state index in [1.54, 1.807) is 0 Å². The van der Waals surface area contributed by atoms with Gasteiger partial charge < -0.3 is 10.8 Å². The van der Waals surface area contributed by atoms with Gasteiger partial charge in [0.05, 0.1) is 6.20 Å². The maximum Gasteiger partial charge on any atom is 0.341 e. The number of nitrogens with two attached hydrogens (primary N) is 1. The minimum Gasteiger partial charge on any atom is -0.477 e. The fourth-order valence-electron chi connectivity index (χ4n) is 1.37. The monoisotopic (exact) mass is 255 g/mol. The summed E-state index contributed by atoms with van der Waals surface area (Å²) in [5, 5.41) is 12.7. The minimum atomic E-state index is -1.22. The van der Waals surface area contributed by atoms with E-state index in [2.05, 4.69) is 5.10 Å². The van der Waals surface area contributed by atoms with Crippen LogP contribution in [0.25, 0.3) is 5.69 Å². The van der Waals surface area contributed by atoms with Crippen LogP contribution in [0.2, 0.25) is 5.02 Å². The van der Waals surface area contributed by atoms with Gasteiger partial charge in [-0.05, 0) is 18.2 Å². The van der Waals surface area contributed by atoms with Gasteiger partial charge in [-0.3, -0.25) is 0 Å². The molecule has 2 aromatic rings. The number of hydrogen-bond donors (Lipinski definition) is 2. The van der Waals surface area contributed by atoms with Gasteiger partial charge in [0.1, 0.15) is 22.9 Å². The van der Waals surface area contributed by atoms with Gasteiger partial charge in [-0.1, -0.05) is 11.6 Å². The zero-order chi connectivity index (χ0) is 12.6. The Hall–Kier alpha value is -2.08. The summed E-state index contributed by atoms with van der Waals surface area (Å²) in [6.07, 6.45) is 1.06. The number of carboxylic acid groups (broad SMARTS) is 1. The number of anilines is 1. The van der Waals surface area contributed by atoms with Crippen molar-refractivity contribution in [3.05, 3.63) is 40.8 Å². The molecule has 1 heterocycles. The summed E-state index contributed by atoms with van der Waals surface area (Å²) < 4.78 is 14.6. The molecule has 0 aliphatic rings. The summed E-state index contributed by atoms with van der Waals surface area (Å²) in [5.41, 5.74) is 5.42. The molecule has 3 N–H and O–H groups in total. The first-order valence-corrected chi connectivity index (χ1v) is 4.90. The van der Waals surface area contributed by atoms with Gasteiger partial charge in [-0.2, -0.15) is 5.10 Å². The number of aromatic nitrogens is 2. The molecule has 5 nitrogen and oxygen atoms in total. The smallest absolute Gasteiger partial charge is 0.341 e. The third kappa shape index (κ3) is 1.94. The molecule has 0 spiro atoms. The lowest BCUT2D eigenvalue weighted by Crippen LogP contribution is -2.07. The van der Waals surface area contributed by atoms with E-state index in [1.807, 2.05) is 0 Å². The SMILES string of the molecule is Nc1c(C(=O)O)cnn1-c1ccc(Cl)cc1F. The second kappa shape index (κ2) is 4.06. The Balaban J connectivity index is 2.57. The minimum absolute atomic E-state index is 0.0411. The van der Waals surface area contributed by atoms with Crippen molar-refractivity contribution in [3.8, 4) is 5.69 Å². The molecule has 0 bridgehead atoms. The Labute approximate surface area is 100 Å². The van der Waals surface area contributed by atoms with Gasteiger partial charge in [0.25, 0.3) is 0 Å². The summed E-state index contributed by atoms with van der Waals surface area (Å²) >= 11 is 5.60. The lowest BCUT2D eigenvalue weighted by Gasteiger charge is -2.05. The van der Waals surface area contributed by atoms with Crippen LogP contribution in [0.5, 0.6) is 0 Å². The number of nitrogen functional groups attached to an aromatic ring is 1. The zero-order valence-corrected chi connectivity index (χ0v) is 9.15. The van der Waals surface area contributed by atoms with Crippen molar-refractivity contribution in [2.75, 3.05) is 5.73 Å². The Morgan fingerprint density at radius 1 is 1.53 bits per heavy atom. The maximum absolute atomic E-state index is 13.6. The summed E-state index contributed by atoms with van der Waals surface area (Å²) in [7, 11) is 0. The molecule has 0 atom stereocenters. The highest BCUT2D eigenvalue weighted by Gasteiger charge is 2.16. The van der Waals surface area contributed by atoms with E-state index in [9.17, 15) is 9.18 Å². The van der Waals surface area contributed by atoms with Crippen LogP contribution in [0.4, 0.5) is 10.2 Å². The largest absolute Gasteiger partial charge is 0.477 e. The summed E-state index contributed by atoms with van der Waals surface area (Å²) in [6.45, 7) is 0. The maximum atomic E-state index is 13.6. The average molecular weight is 256 g/mol. The number of rotatable bonds is 2. The number of benzene rings is 1. The van der Waals surface area contributed by atoms with E-state index in [1.165, 1.54) is 12.1 Å². The fourth-order valence-corrected chi connectivity index (χ4v) is 1.53. The average Bonchev–Trinajstić information content (AvgIpc) is 2.60. The topological polar surface area (TPSA) is 81.1 Å². The summed E-state index contributed by atoms with van der Waals surface area (Å²) in [4.78, 5) is 10.8. The van der Waals surface area contributed by atoms with E-state index in [0.29, 0.717) is 0 Å². The molecule has 17 heavy (non-hydrogen) atoms. The molecule has 1 aromatic heterocycles. The molecule has 88 valence electrons. The van der Waals surface area contributed by atoms with Crippen LogP contribution >= 0.6 is 11.6 Å². The van der Waals surface area contributed by atoms with Crippen LogP contribution in [-0.4, -0.2) is 20.9 Å². The lowest BCUT2D eigenvalue weighted by molar-refractivity contribution is 0.0698. The van der Waals surface area contributed by atoms with E-state index < -0.39 is 11.8 Å². The first kappa shape index (κ1) is 11.4. The standard InChI is InChI=1S/C10H7ClFN3O2/c11-5-1-2-8(7(12)3-5)15-9(13)6(4-14-15)10(16)17/h1-4H,13H2,(H,16,17). The quantitative estimate of drug-likeness (QED) is 0.859. The summed E-state index contributed by atoms with van der Waals surface area (Å²) in [6, 6.07) is 3.92. The molecule has 0 aliphatic heterocycles. The van der Waals surface area contributed by atoms with Gasteiger partial charge in [-0.25, -0.2) is 13.9 Å². The van der Waals surface area contributed by atoms with Gasteiger partial charge in [0.2, 0.25) is 0 Å². The van der Waals surface area contributed by atoms with E-state index in [4.69, 9.17) is 22.4 Å². The molecular formula is C10H7ClFN3O2. The molecule has 0 radical (unpaired) electrons.